The van der Waals surface area contributed by atoms with Crippen LogP contribution in [-0.2, 0) is 11.3 Å². The third-order valence-corrected chi connectivity index (χ3v) is 4.49. The molecule has 0 spiro atoms. The fourth-order valence-electron chi connectivity index (χ4n) is 2.89. The van der Waals surface area contributed by atoms with Crippen LogP contribution in [0.15, 0.2) is 28.8 Å². The summed E-state index contributed by atoms with van der Waals surface area (Å²) in [6.07, 6.45) is 2.13. The maximum absolute atomic E-state index is 11.0. The largest absolute Gasteiger partial charge is 0.356 e. The van der Waals surface area contributed by atoms with Crippen molar-refractivity contribution in [1.82, 2.24) is 20.4 Å². The molecule has 1 N–H and O–H groups in total. The molecule has 7 heteroatoms. The van der Waals surface area contributed by atoms with Gasteiger partial charge in [0.1, 0.15) is 0 Å². The van der Waals surface area contributed by atoms with Gasteiger partial charge in [-0.3, -0.25) is 9.69 Å². The molecule has 1 amide bonds. The SMILES string of the molecule is CC(=O)NCC1CCN(Cc2nc(-c3cccc(Cl)c3)no2)CC1. The number of halogens is 1. The molecule has 128 valence electrons. The quantitative estimate of drug-likeness (QED) is 0.899. The number of rotatable bonds is 5. The monoisotopic (exact) mass is 348 g/mol. The van der Waals surface area contributed by atoms with E-state index in [4.69, 9.17) is 16.1 Å². The molecular weight excluding hydrogens is 328 g/mol. The Kier molecular flexibility index (Phi) is 5.48. The van der Waals surface area contributed by atoms with Crippen LogP contribution in [0.2, 0.25) is 5.02 Å². The average molecular weight is 349 g/mol. The van der Waals surface area contributed by atoms with Crippen LogP contribution in [0, 0.1) is 5.92 Å². The normalized spacial score (nSPS) is 16.2. The van der Waals surface area contributed by atoms with E-state index in [1.807, 2.05) is 24.3 Å². The summed E-state index contributed by atoms with van der Waals surface area (Å²) in [6.45, 7) is 4.92. The molecule has 1 aliphatic heterocycles. The fourth-order valence-corrected chi connectivity index (χ4v) is 3.08. The Hall–Kier alpha value is -1.92. The van der Waals surface area contributed by atoms with Gasteiger partial charge in [-0.15, -0.1) is 0 Å². The van der Waals surface area contributed by atoms with E-state index >= 15 is 0 Å². The Morgan fingerprint density at radius 1 is 1.42 bits per heavy atom. The molecule has 2 aromatic rings. The Morgan fingerprint density at radius 3 is 2.92 bits per heavy atom. The predicted octanol–water partition coefficient (Wildman–Crippen LogP) is 2.74. The first-order chi connectivity index (χ1) is 11.6. The van der Waals surface area contributed by atoms with Crippen molar-refractivity contribution in [3.63, 3.8) is 0 Å². The minimum absolute atomic E-state index is 0.0387. The predicted molar refractivity (Wildman–Crippen MR) is 91.4 cm³/mol. The molecule has 1 aromatic carbocycles. The highest BCUT2D eigenvalue weighted by molar-refractivity contribution is 6.30. The second kappa shape index (κ2) is 7.77. The molecule has 1 aliphatic rings. The number of nitrogens with zero attached hydrogens (tertiary/aromatic N) is 3. The van der Waals surface area contributed by atoms with Crippen molar-refractivity contribution < 1.29 is 9.32 Å². The standard InChI is InChI=1S/C17H21ClN4O2/c1-12(23)19-10-13-5-7-22(8-6-13)11-16-20-17(21-24-16)14-3-2-4-15(18)9-14/h2-4,9,13H,5-8,10-11H2,1H3,(H,19,23). The van der Waals surface area contributed by atoms with Crippen molar-refractivity contribution in [3.8, 4) is 11.4 Å². The van der Waals surface area contributed by atoms with Crippen molar-refractivity contribution in [2.75, 3.05) is 19.6 Å². The summed E-state index contributed by atoms with van der Waals surface area (Å²) in [7, 11) is 0. The molecule has 0 aliphatic carbocycles. The number of carbonyl (C=O) groups excluding carboxylic acids is 1. The van der Waals surface area contributed by atoms with Crippen molar-refractivity contribution in [2.24, 2.45) is 5.92 Å². The van der Waals surface area contributed by atoms with Gasteiger partial charge in [-0.05, 0) is 44.0 Å². The van der Waals surface area contributed by atoms with Crippen LogP contribution in [0.3, 0.4) is 0 Å². The van der Waals surface area contributed by atoms with Crippen LogP contribution in [0.5, 0.6) is 0 Å². The lowest BCUT2D eigenvalue weighted by atomic mass is 9.97. The molecule has 0 bridgehead atoms. The maximum atomic E-state index is 11.0. The molecule has 0 saturated carbocycles. The lowest BCUT2D eigenvalue weighted by molar-refractivity contribution is -0.119. The Morgan fingerprint density at radius 2 is 2.21 bits per heavy atom. The first kappa shape index (κ1) is 16.9. The Labute approximate surface area is 146 Å². The van der Waals surface area contributed by atoms with E-state index in [-0.39, 0.29) is 5.91 Å². The summed E-state index contributed by atoms with van der Waals surface area (Å²) in [5.74, 6) is 1.77. The number of piperidine rings is 1. The molecule has 0 radical (unpaired) electrons. The van der Waals surface area contributed by atoms with Gasteiger partial charge in [-0.25, -0.2) is 0 Å². The van der Waals surface area contributed by atoms with Gasteiger partial charge in [0, 0.05) is 24.1 Å². The van der Waals surface area contributed by atoms with Gasteiger partial charge in [0.05, 0.1) is 6.54 Å². The third-order valence-electron chi connectivity index (χ3n) is 4.26. The van der Waals surface area contributed by atoms with Crippen LogP contribution < -0.4 is 5.32 Å². The van der Waals surface area contributed by atoms with Gasteiger partial charge in [0.15, 0.2) is 0 Å². The minimum atomic E-state index is 0.0387. The first-order valence-electron chi connectivity index (χ1n) is 8.15. The molecule has 2 heterocycles. The summed E-state index contributed by atoms with van der Waals surface area (Å²) in [5, 5.41) is 7.59. The second-order valence-corrected chi connectivity index (χ2v) is 6.62. The zero-order valence-electron chi connectivity index (χ0n) is 13.7. The first-order valence-corrected chi connectivity index (χ1v) is 8.53. The summed E-state index contributed by atoms with van der Waals surface area (Å²) in [4.78, 5) is 17.7. The van der Waals surface area contributed by atoms with Crippen molar-refractivity contribution >= 4 is 17.5 Å². The molecule has 3 rings (SSSR count). The van der Waals surface area contributed by atoms with E-state index < -0.39 is 0 Å². The van der Waals surface area contributed by atoms with Gasteiger partial charge in [0.2, 0.25) is 17.6 Å². The van der Waals surface area contributed by atoms with E-state index in [1.54, 1.807) is 6.92 Å². The van der Waals surface area contributed by atoms with E-state index in [2.05, 4.69) is 20.4 Å². The number of hydrogen-bond acceptors (Lipinski definition) is 5. The van der Waals surface area contributed by atoms with Gasteiger partial charge in [-0.2, -0.15) is 4.98 Å². The molecule has 0 unspecified atom stereocenters. The molecular formula is C17H21ClN4O2. The molecule has 0 atom stereocenters. The van der Waals surface area contributed by atoms with Crippen LogP contribution in [0.25, 0.3) is 11.4 Å². The van der Waals surface area contributed by atoms with Crippen LogP contribution in [0.1, 0.15) is 25.7 Å². The highest BCUT2D eigenvalue weighted by Crippen LogP contribution is 2.22. The van der Waals surface area contributed by atoms with Crippen LogP contribution >= 0.6 is 11.6 Å². The molecule has 1 saturated heterocycles. The zero-order chi connectivity index (χ0) is 16.9. The molecule has 1 aromatic heterocycles. The number of benzene rings is 1. The van der Waals surface area contributed by atoms with Crippen molar-refractivity contribution in [1.29, 1.82) is 0 Å². The second-order valence-electron chi connectivity index (χ2n) is 6.18. The van der Waals surface area contributed by atoms with Crippen molar-refractivity contribution in [2.45, 2.75) is 26.3 Å². The number of hydrogen-bond donors (Lipinski definition) is 1. The maximum Gasteiger partial charge on any atom is 0.241 e. The zero-order valence-corrected chi connectivity index (χ0v) is 14.4. The Balaban J connectivity index is 1.52. The summed E-state index contributed by atoms with van der Waals surface area (Å²) in [5.41, 5.74) is 0.853. The van der Waals surface area contributed by atoms with Crippen molar-refractivity contribution in [3.05, 3.63) is 35.2 Å². The summed E-state index contributed by atoms with van der Waals surface area (Å²) in [6, 6.07) is 7.42. The topological polar surface area (TPSA) is 71.3 Å². The van der Waals surface area contributed by atoms with E-state index in [0.29, 0.717) is 29.2 Å². The summed E-state index contributed by atoms with van der Waals surface area (Å²) < 4.78 is 5.36. The molecule has 6 nitrogen and oxygen atoms in total. The fraction of sp³-hybridized carbons (Fsp3) is 0.471. The number of carbonyl (C=O) groups is 1. The lowest BCUT2D eigenvalue weighted by Crippen LogP contribution is -2.37. The summed E-state index contributed by atoms with van der Waals surface area (Å²) >= 11 is 6.00. The highest BCUT2D eigenvalue weighted by Gasteiger charge is 2.21. The van der Waals surface area contributed by atoms with Gasteiger partial charge in [-0.1, -0.05) is 28.9 Å². The number of nitrogens with one attached hydrogen (secondary N) is 1. The average Bonchev–Trinajstić information content (AvgIpc) is 3.03. The third kappa shape index (κ3) is 4.55. The smallest absolute Gasteiger partial charge is 0.241 e. The lowest BCUT2D eigenvalue weighted by Gasteiger charge is -2.30. The number of likely N-dealkylation sites (tertiary alicyclic amines) is 1. The molecule has 1 fully saturated rings. The van der Waals surface area contributed by atoms with E-state index in [1.165, 1.54) is 0 Å². The number of aromatic nitrogens is 2. The molecule has 24 heavy (non-hydrogen) atoms. The van der Waals surface area contributed by atoms with Gasteiger partial charge < -0.3 is 9.84 Å². The highest BCUT2D eigenvalue weighted by atomic mass is 35.5. The van der Waals surface area contributed by atoms with Crippen LogP contribution in [-0.4, -0.2) is 40.6 Å². The van der Waals surface area contributed by atoms with E-state index in [0.717, 1.165) is 38.0 Å². The van der Waals surface area contributed by atoms with Gasteiger partial charge >= 0.3 is 0 Å². The van der Waals surface area contributed by atoms with Gasteiger partial charge in [0.25, 0.3) is 0 Å². The van der Waals surface area contributed by atoms with Crippen LogP contribution in [0.4, 0.5) is 0 Å². The number of amides is 1. The van der Waals surface area contributed by atoms with E-state index in [9.17, 15) is 4.79 Å². The minimum Gasteiger partial charge on any atom is -0.356 e. The Bertz CT molecular complexity index is 695.